The Morgan fingerprint density at radius 3 is 2.79 bits per heavy atom. The van der Waals surface area contributed by atoms with Gasteiger partial charge in [-0.2, -0.15) is 5.10 Å². The summed E-state index contributed by atoms with van der Waals surface area (Å²) in [5.41, 5.74) is 0. The van der Waals surface area contributed by atoms with Gasteiger partial charge in [0.05, 0.1) is 6.42 Å². The zero-order valence-electron chi connectivity index (χ0n) is 7.69. The van der Waals surface area contributed by atoms with Gasteiger partial charge in [0.15, 0.2) is 0 Å². The van der Waals surface area contributed by atoms with Crippen molar-refractivity contribution in [2.24, 2.45) is 16.9 Å². The number of carbonyl (C=O) groups excluding carboxylic acids is 2. The summed E-state index contributed by atoms with van der Waals surface area (Å²) >= 11 is 0. The maximum Gasteiger partial charge on any atom is 0.329 e. The first kappa shape index (κ1) is 8.98. The van der Waals surface area contributed by atoms with Crippen molar-refractivity contribution in [3.8, 4) is 0 Å². The highest BCUT2D eigenvalue weighted by molar-refractivity contribution is 6.15. The lowest BCUT2D eigenvalue weighted by atomic mass is 10.2. The molecule has 1 heterocycles. The van der Waals surface area contributed by atoms with Gasteiger partial charge in [-0.1, -0.05) is 0 Å². The largest absolute Gasteiger partial charge is 0.329 e. The molecule has 0 aromatic heterocycles. The van der Waals surface area contributed by atoms with E-state index in [0.717, 1.165) is 12.8 Å². The van der Waals surface area contributed by atoms with Gasteiger partial charge >= 0.3 is 6.03 Å². The number of imide groups is 1. The predicted octanol–water partition coefficient (Wildman–Crippen LogP) is -0.390. The SMILES string of the molecule is NN=C1CC(=O)NC(=O)N1CC1CC1. The summed E-state index contributed by atoms with van der Waals surface area (Å²) in [6.45, 7) is 0.620. The molecule has 3 N–H and O–H groups in total. The van der Waals surface area contributed by atoms with Crippen LogP contribution in [0.25, 0.3) is 0 Å². The third kappa shape index (κ3) is 1.68. The van der Waals surface area contributed by atoms with E-state index in [9.17, 15) is 9.59 Å². The van der Waals surface area contributed by atoms with Crippen molar-refractivity contribution in [1.29, 1.82) is 0 Å². The standard InChI is InChI=1S/C8H12N4O2/c9-11-6-3-7(13)10-8(14)12(6)4-5-1-2-5/h5H,1-4,9H2,(H,10,13,14). The van der Waals surface area contributed by atoms with Crippen LogP contribution in [0.5, 0.6) is 0 Å². The van der Waals surface area contributed by atoms with Crippen LogP contribution in [0.3, 0.4) is 0 Å². The Bertz CT molecular complexity index is 308. The van der Waals surface area contributed by atoms with Crippen LogP contribution >= 0.6 is 0 Å². The molecule has 2 aliphatic rings. The molecular formula is C8H12N4O2. The van der Waals surface area contributed by atoms with Crippen LogP contribution in [0, 0.1) is 5.92 Å². The number of urea groups is 1. The molecule has 6 nitrogen and oxygen atoms in total. The molecule has 1 saturated heterocycles. The molecule has 0 radical (unpaired) electrons. The average Bonchev–Trinajstić information content (AvgIpc) is 2.93. The summed E-state index contributed by atoms with van der Waals surface area (Å²) in [5.74, 6) is 5.70. The van der Waals surface area contributed by atoms with E-state index in [1.165, 1.54) is 4.90 Å². The smallest absolute Gasteiger partial charge is 0.322 e. The monoisotopic (exact) mass is 196 g/mol. The van der Waals surface area contributed by atoms with Crippen LogP contribution in [0.2, 0.25) is 0 Å². The van der Waals surface area contributed by atoms with E-state index >= 15 is 0 Å². The third-order valence-electron chi connectivity index (χ3n) is 2.41. The maximum absolute atomic E-state index is 11.4. The van der Waals surface area contributed by atoms with E-state index in [4.69, 9.17) is 5.84 Å². The van der Waals surface area contributed by atoms with Crippen LogP contribution in [0.15, 0.2) is 5.10 Å². The Morgan fingerprint density at radius 2 is 2.21 bits per heavy atom. The van der Waals surface area contributed by atoms with E-state index in [-0.39, 0.29) is 12.3 Å². The Hall–Kier alpha value is -1.59. The number of hydrogen-bond donors (Lipinski definition) is 2. The Kier molecular flexibility index (Phi) is 2.11. The lowest BCUT2D eigenvalue weighted by Gasteiger charge is -2.27. The van der Waals surface area contributed by atoms with Crippen LogP contribution in [0.1, 0.15) is 19.3 Å². The van der Waals surface area contributed by atoms with E-state index in [1.54, 1.807) is 0 Å². The van der Waals surface area contributed by atoms with Crippen LogP contribution in [0.4, 0.5) is 4.79 Å². The van der Waals surface area contributed by atoms with Crippen molar-refractivity contribution in [3.63, 3.8) is 0 Å². The topological polar surface area (TPSA) is 87.8 Å². The molecule has 0 atom stereocenters. The average molecular weight is 196 g/mol. The number of hydrazone groups is 1. The van der Waals surface area contributed by atoms with Crippen LogP contribution in [-0.2, 0) is 4.79 Å². The maximum atomic E-state index is 11.4. The van der Waals surface area contributed by atoms with Crippen LogP contribution in [-0.4, -0.2) is 29.2 Å². The number of amidine groups is 1. The Morgan fingerprint density at radius 1 is 1.50 bits per heavy atom. The van der Waals surface area contributed by atoms with Gasteiger partial charge in [0, 0.05) is 6.54 Å². The van der Waals surface area contributed by atoms with Crippen molar-refractivity contribution in [2.45, 2.75) is 19.3 Å². The minimum Gasteiger partial charge on any atom is -0.322 e. The summed E-state index contributed by atoms with van der Waals surface area (Å²) in [7, 11) is 0. The number of rotatable bonds is 2. The normalized spacial score (nSPS) is 25.4. The zero-order valence-corrected chi connectivity index (χ0v) is 7.69. The highest BCUT2D eigenvalue weighted by atomic mass is 16.2. The lowest BCUT2D eigenvalue weighted by Crippen LogP contribution is -2.53. The first-order valence-electron chi connectivity index (χ1n) is 4.59. The second kappa shape index (κ2) is 3.28. The number of hydrogen-bond acceptors (Lipinski definition) is 4. The molecule has 6 heteroatoms. The molecule has 1 aliphatic carbocycles. The highest BCUT2D eigenvalue weighted by Gasteiger charge is 2.33. The van der Waals surface area contributed by atoms with E-state index in [1.807, 2.05) is 0 Å². The molecule has 0 unspecified atom stereocenters. The fraction of sp³-hybridized carbons (Fsp3) is 0.625. The quantitative estimate of drug-likeness (QED) is 0.465. The summed E-state index contributed by atoms with van der Waals surface area (Å²) in [6, 6.07) is -0.405. The highest BCUT2D eigenvalue weighted by Crippen LogP contribution is 2.30. The number of nitrogens with zero attached hydrogens (tertiary/aromatic N) is 2. The van der Waals surface area contributed by atoms with Crippen molar-refractivity contribution in [1.82, 2.24) is 10.2 Å². The minimum atomic E-state index is -0.405. The molecule has 14 heavy (non-hydrogen) atoms. The fourth-order valence-corrected chi connectivity index (χ4v) is 1.45. The summed E-state index contributed by atoms with van der Waals surface area (Å²) in [4.78, 5) is 23.8. The zero-order chi connectivity index (χ0) is 10.1. The van der Waals surface area contributed by atoms with Gasteiger partial charge in [0.2, 0.25) is 5.91 Å². The molecule has 0 bridgehead atoms. The second-order valence-corrected chi connectivity index (χ2v) is 3.63. The molecule has 0 spiro atoms. The molecule has 0 aromatic carbocycles. The molecule has 1 aliphatic heterocycles. The molecule has 76 valence electrons. The second-order valence-electron chi connectivity index (χ2n) is 3.63. The van der Waals surface area contributed by atoms with Crippen molar-refractivity contribution < 1.29 is 9.59 Å². The molecule has 1 saturated carbocycles. The van der Waals surface area contributed by atoms with Crippen molar-refractivity contribution >= 4 is 17.8 Å². The lowest BCUT2D eigenvalue weighted by molar-refractivity contribution is -0.119. The number of nitrogens with two attached hydrogens (primary N) is 1. The van der Waals surface area contributed by atoms with Gasteiger partial charge in [-0.3, -0.25) is 15.0 Å². The minimum absolute atomic E-state index is 0.0922. The molecule has 2 rings (SSSR count). The van der Waals surface area contributed by atoms with Gasteiger partial charge < -0.3 is 5.84 Å². The Labute approximate surface area is 81.1 Å². The molecule has 2 fully saturated rings. The summed E-state index contributed by atoms with van der Waals surface area (Å²) in [5, 5.41) is 5.71. The van der Waals surface area contributed by atoms with Gasteiger partial charge in [0.1, 0.15) is 5.84 Å². The predicted molar refractivity (Wildman–Crippen MR) is 49.2 cm³/mol. The number of nitrogens with one attached hydrogen (secondary N) is 1. The van der Waals surface area contributed by atoms with Crippen LogP contribution < -0.4 is 11.2 Å². The van der Waals surface area contributed by atoms with Gasteiger partial charge in [0.25, 0.3) is 0 Å². The van der Waals surface area contributed by atoms with E-state index in [0.29, 0.717) is 18.3 Å². The summed E-state index contributed by atoms with van der Waals surface area (Å²) in [6.07, 6.45) is 2.36. The number of carbonyl (C=O) groups is 2. The number of amides is 3. The summed E-state index contributed by atoms with van der Waals surface area (Å²) < 4.78 is 0. The first-order chi connectivity index (χ1) is 6.70. The van der Waals surface area contributed by atoms with Crippen molar-refractivity contribution in [3.05, 3.63) is 0 Å². The van der Waals surface area contributed by atoms with Gasteiger partial charge in [-0.25, -0.2) is 4.79 Å². The molecule has 0 aromatic rings. The first-order valence-corrected chi connectivity index (χ1v) is 4.59. The fourth-order valence-electron chi connectivity index (χ4n) is 1.45. The molecular weight excluding hydrogens is 184 g/mol. The van der Waals surface area contributed by atoms with E-state index < -0.39 is 6.03 Å². The van der Waals surface area contributed by atoms with Gasteiger partial charge in [-0.15, -0.1) is 0 Å². The Balaban J connectivity index is 2.09. The van der Waals surface area contributed by atoms with Crippen molar-refractivity contribution in [2.75, 3.05) is 6.54 Å². The van der Waals surface area contributed by atoms with E-state index in [2.05, 4.69) is 10.4 Å². The molecule has 3 amide bonds. The third-order valence-corrected chi connectivity index (χ3v) is 2.41. The van der Waals surface area contributed by atoms with Gasteiger partial charge in [-0.05, 0) is 18.8 Å².